The summed E-state index contributed by atoms with van der Waals surface area (Å²) >= 11 is 1.14. The van der Waals surface area contributed by atoms with Gasteiger partial charge in [0, 0.05) is 30.7 Å². The van der Waals surface area contributed by atoms with Crippen LogP contribution in [0.25, 0.3) is 4.83 Å². The Hall–Kier alpha value is -3.23. The number of fused-ring (bicyclic) bond motifs is 1. The second-order valence-corrected chi connectivity index (χ2v) is 7.62. The van der Waals surface area contributed by atoms with E-state index in [1.54, 1.807) is 19.3 Å². The van der Waals surface area contributed by atoms with Crippen molar-refractivity contribution in [2.45, 2.75) is 20.0 Å². The van der Waals surface area contributed by atoms with Crippen molar-refractivity contribution in [3.05, 3.63) is 103 Å². The molecule has 0 aliphatic rings. The van der Waals surface area contributed by atoms with Crippen LogP contribution < -0.4 is 16.6 Å². The highest BCUT2D eigenvalue weighted by molar-refractivity contribution is 7.19. The fourth-order valence-electron chi connectivity index (χ4n) is 3.05. The summed E-state index contributed by atoms with van der Waals surface area (Å²) in [6.45, 7) is 2.21. The van der Waals surface area contributed by atoms with Gasteiger partial charge in [0.1, 0.15) is 9.71 Å². The highest BCUT2D eigenvalue weighted by Crippen LogP contribution is 2.18. The Morgan fingerprint density at radius 2 is 1.77 bits per heavy atom. The second kappa shape index (κ2) is 9.06. The normalized spacial score (nSPS) is 10.6. The molecule has 0 spiro atoms. The van der Waals surface area contributed by atoms with Gasteiger partial charge in [-0.1, -0.05) is 30.3 Å². The number of thiazole rings is 1. The molecule has 30 heavy (non-hydrogen) atoms. The van der Waals surface area contributed by atoms with Gasteiger partial charge < -0.3 is 5.32 Å². The molecule has 3 aromatic heterocycles. The number of hydrogen-bond acceptors (Lipinski definition) is 5. The molecule has 9 heteroatoms. The molecule has 0 bridgehead atoms. The van der Waals surface area contributed by atoms with Crippen molar-refractivity contribution in [1.82, 2.24) is 19.3 Å². The highest BCUT2D eigenvalue weighted by Gasteiger charge is 2.17. The van der Waals surface area contributed by atoms with Gasteiger partial charge in [0.15, 0.2) is 0 Å². The Labute approximate surface area is 182 Å². The molecule has 0 radical (unpaired) electrons. The van der Waals surface area contributed by atoms with Crippen LogP contribution in [-0.4, -0.2) is 19.9 Å². The summed E-state index contributed by atoms with van der Waals surface area (Å²) in [4.78, 5) is 43.0. The summed E-state index contributed by atoms with van der Waals surface area (Å²) in [7, 11) is 0. The summed E-state index contributed by atoms with van der Waals surface area (Å²) in [6, 6.07) is 13.0. The minimum atomic E-state index is -0.455. The summed E-state index contributed by atoms with van der Waals surface area (Å²) in [5.74, 6) is -0.295. The van der Waals surface area contributed by atoms with E-state index in [4.69, 9.17) is 0 Å². The van der Waals surface area contributed by atoms with Crippen LogP contribution in [0.4, 0.5) is 0 Å². The number of nitrogens with one attached hydrogen (secondary N) is 1. The molecular weight excluding hydrogens is 424 g/mol. The molecule has 0 unspecified atom stereocenters. The molecule has 1 N–H and O–H groups in total. The molecule has 7 nitrogen and oxygen atoms in total. The molecule has 0 atom stereocenters. The van der Waals surface area contributed by atoms with Crippen molar-refractivity contribution < 1.29 is 4.79 Å². The van der Waals surface area contributed by atoms with E-state index >= 15 is 0 Å². The maximum Gasteiger partial charge on any atom is 0.336 e. The number of amides is 1. The van der Waals surface area contributed by atoms with Gasteiger partial charge in [0.2, 0.25) is 0 Å². The predicted molar refractivity (Wildman–Crippen MR) is 119 cm³/mol. The Morgan fingerprint density at radius 3 is 2.47 bits per heavy atom. The van der Waals surface area contributed by atoms with Gasteiger partial charge in [0.25, 0.3) is 11.5 Å². The molecule has 0 aliphatic carbocycles. The zero-order chi connectivity index (χ0) is 20.4. The monoisotopic (exact) mass is 442 g/mol. The first-order valence-electron chi connectivity index (χ1n) is 9.01. The smallest absolute Gasteiger partial charge is 0.336 e. The largest absolute Gasteiger partial charge is 0.347 e. The molecular formula is C21H19ClN4O3S. The third-order valence-corrected chi connectivity index (χ3v) is 5.81. The Kier molecular flexibility index (Phi) is 6.49. The number of carbonyl (C=O) groups is 1. The molecule has 1 amide bonds. The van der Waals surface area contributed by atoms with Crippen LogP contribution >= 0.6 is 23.7 Å². The van der Waals surface area contributed by atoms with Gasteiger partial charge >= 0.3 is 5.69 Å². The van der Waals surface area contributed by atoms with Crippen LogP contribution in [0, 0.1) is 6.92 Å². The molecule has 0 fully saturated rings. The Bertz CT molecular complexity index is 1300. The summed E-state index contributed by atoms with van der Waals surface area (Å²) in [5.41, 5.74) is 1.43. The van der Waals surface area contributed by atoms with E-state index in [2.05, 4.69) is 10.3 Å². The van der Waals surface area contributed by atoms with E-state index in [0.29, 0.717) is 21.8 Å². The maximum atomic E-state index is 12.9. The first-order valence-corrected chi connectivity index (χ1v) is 9.83. The zero-order valence-corrected chi connectivity index (χ0v) is 17.7. The number of nitrogens with zero attached hydrogens (tertiary/aromatic N) is 3. The molecule has 154 valence electrons. The molecule has 0 saturated heterocycles. The lowest BCUT2D eigenvalue weighted by molar-refractivity contribution is 0.0954. The quantitative estimate of drug-likeness (QED) is 0.515. The van der Waals surface area contributed by atoms with Gasteiger partial charge in [-0.3, -0.25) is 23.5 Å². The second-order valence-electron chi connectivity index (χ2n) is 6.59. The van der Waals surface area contributed by atoms with Crippen LogP contribution in [-0.2, 0) is 13.1 Å². The number of pyridine rings is 1. The lowest BCUT2D eigenvalue weighted by atomic mass is 10.2. The summed E-state index contributed by atoms with van der Waals surface area (Å²) in [6.07, 6.45) is 4.81. The first kappa shape index (κ1) is 21.5. The van der Waals surface area contributed by atoms with Crippen molar-refractivity contribution in [1.29, 1.82) is 0 Å². The third kappa shape index (κ3) is 4.19. The molecule has 4 aromatic rings. The molecule has 3 heterocycles. The standard InChI is InChI=1S/C21H18N4O3S.ClH/c1-14-19(27)24(12-16-5-3-2-4-6-16)21(28)25-13-17(29-20(14)25)18(26)23-11-15-7-9-22-10-8-15;/h2-10,13H,11-12H2,1H3,(H,23,26);1H. The van der Waals surface area contributed by atoms with Crippen LogP contribution in [0.5, 0.6) is 0 Å². The summed E-state index contributed by atoms with van der Waals surface area (Å²) in [5, 5.41) is 2.83. The van der Waals surface area contributed by atoms with Gasteiger partial charge in [-0.15, -0.1) is 23.7 Å². The van der Waals surface area contributed by atoms with Crippen molar-refractivity contribution in [3.63, 3.8) is 0 Å². The minimum absolute atomic E-state index is 0. The van der Waals surface area contributed by atoms with E-state index in [9.17, 15) is 14.4 Å². The predicted octanol–water partition coefficient (Wildman–Crippen LogP) is 2.63. The lowest BCUT2D eigenvalue weighted by Crippen LogP contribution is -2.38. The molecule has 0 saturated carbocycles. The SMILES string of the molecule is Cc1c(=O)n(Cc2ccccc2)c(=O)n2cc(C(=O)NCc3ccncc3)sc12.Cl. The first-order chi connectivity index (χ1) is 14.0. The number of aryl methyl sites for hydroxylation is 1. The van der Waals surface area contributed by atoms with Crippen LogP contribution in [0.2, 0.25) is 0 Å². The molecule has 4 rings (SSSR count). The van der Waals surface area contributed by atoms with Crippen molar-refractivity contribution in [2.75, 3.05) is 0 Å². The van der Waals surface area contributed by atoms with Crippen LogP contribution in [0.3, 0.4) is 0 Å². The van der Waals surface area contributed by atoms with Crippen molar-refractivity contribution >= 4 is 34.5 Å². The van der Waals surface area contributed by atoms with Gasteiger partial charge in [-0.05, 0) is 30.2 Å². The van der Waals surface area contributed by atoms with E-state index in [-0.39, 0.29) is 30.4 Å². The highest BCUT2D eigenvalue weighted by atomic mass is 35.5. The number of halogens is 1. The van der Waals surface area contributed by atoms with Gasteiger partial charge in [-0.25, -0.2) is 4.79 Å². The third-order valence-electron chi connectivity index (χ3n) is 4.61. The lowest BCUT2D eigenvalue weighted by Gasteiger charge is -2.07. The Morgan fingerprint density at radius 1 is 1.07 bits per heavy atom. The van der Waals surface area contributed by atoms with Crippen molar-refractivity contribution in [2.24, 2.45) is 0 Å². The van der Waals surface area contributed by atoms with E-state index < -0.39 is 5.69 Å². The fourth-order valence-corrected chi connectivity index (χ4v) is 4.05. The number of carbonyl (C=O) groups excluding carboxylic acids is 1. The van der Waals surface area contributed by atoms with Gasteiger partial charge in [0.05, 0.1) is 6.54 Å². The summed E-state index contributed by atoms with van der Waals surface area (Å²) < 4.78 is 2.58. The molecule has 0 aliphatic heterocycles. The maximum absolute atomic E-state index is 12.9. The Balaban J connectivity index is 0.00000256. The average molecular weight is 443 g/mol. The number of hydrogen-bond donors (Lipinski definition) is 1. The average Bonchev–Trinajstić information content (AvgIpc) is 3.21. The molecule has 1 aromatic carbocycles. The van der Waals surface area contributed by atoms with Crippen LogP contribution in [0.1, 0.15) is 26.4 Å². The van der Waals surface area contributed by atoms with E-state index in [1.807, 2.05) is 42.5 Å². The number of aromatic nitrogens is 3. The van der Waals surface area contributed by atoms with Crippen molar-refractivity contribution in [3.8, 4) is 0 Å². The van der Waals surface area contributed by atoms with Gasteiger partial charge in [-0.2, -0.15) is 0 Å². The topological polar surface area (TPSA) is 85.5 Å². The minimum Gasteiger partial charge on any atom is -0.347 e. The number of rotatable bonds is 5. The zero-order valence-electron chi connectivity index (χ0n) is 16.1. The fraction of sp³-hybridized carbons (Fsp3) is 0.143. The van der Waals surface area contributed by atoms with E-state index in [0.717, 1.165) is 22.5 Å². The van der Waals surface area contributed by atoms with E-state index in [1.165, 1.54) is 15.2 Å². The number of benzene rings is 1. The van der Waals surface area contributed by atoms with Crippen LogP contribution in [0.15, 0.2) is 70.6 Å².